The lowest BCUT2D eigenvalue weighted by Crippen LogP contribution is -2.49. The number of rotatable bonds is 7. The number of nitrogens with zero attached hydrogens (tertiary/aromatic N) is 2. The van der Waals surface area contributed by atoms with Crippen molar-refractivity contribution < 1.29 is 23.4 Å². The highest BCUT2D eigenvalue weighted by atomic mass is 16.7. The van der Waals surface area contributed by atoms with Gasteiger partial charge in [0, 0.05) is 44.0 Å². The molecule has 1 amide bonds. The standard InChI is InChI=1S/C25H27N3O5/c1-30-20-7-5-19(6-8-20)27-10-12-28(13-11-27)21(22-3-2-14-31-22)16-26-25(29)18-4-9-23-24(15-18)33-17-32-23/h2-9,14-15,21H,10-13,16-17H2,1H3,(H,26,29)/t21-/m1/s1. The Morgan fingerprint density at radius 1 is 1.03 bits per heavy atom. The Hall–Kier alpha value is -3.65. The highest BCUT2D eigenvalue weighted by Gasteiger charge is 2.28. The summed E-state index contributed by atoms with van der Waals surface area (Å²) in [6.07, 6.45) is 1.68. The lowest BCUT2D eigenvalue weighted by Gasteiger charge is -2.39. The van der Waals surface area contributed by atoms with Gasteiger partial charge in [-0.25, -0.2) is 0 Å². The van der Waals surface area contributed by atoms with E-state index in [0.29, 0.717) is 23.6 Å². The third kappa shape index (κ3) is 4.61. The van der Waals surface area contributed by atoms with Crippen molar-refractivity contribution >= 4 is 11.6 Å². The molecule has 0 spiro atoms. The van der Waals surface area contributed by atoms with Gasteiger partial charge in [0.15, 0.2) is 11.5 Å². The zero-order valence-electron chi connectivity index (χ0n) is 18.5. The van der Waals surface area contributed by atoms with E-state index in [2.05, 4.69) is 27.2 Å². The molecule has 8 heteroatoms. The number of ether oxygens (including phenoxy) is 3. The largest absolute Gasteiger partial charge is 0.497 e. The molecular weight excluding hydrogens is 422 g/mol. The summed E-state index contributed by atoms with van der Waals surface area (Å²) in [6.45, 7) is 4.13. The van der Waals surface area contributed by atoms with E-state index >= 15 is 0 Å². The van der Waals surface area contributed by atoms with Gasteiger partial charge in [-0.1, -0.05) is 0 Å². The minimum Gasteiger partial charge on any atom is -0.497 e. The number of benzene rings is 2. The molecular formula is C25H27N3O5. The zero-order valence-corrected chi connectivity index (χ0v) is 18.5. The predicted octanol–water partition coefficient (Wildman–Crippen LogP) is 3.31. The minimum absolute atomic E-state index is 0.0454. The van der Waals surface area contributed by atoms with Crippen molar-refractivity contribution in [3.8, 4) is 17.2 Å². The van der Waals surface area contributed by atoms with E-state index in [-0.39, 0.29) is 18.7 Å². The van der Waals surface area contributed by atoms with Crippen LogP contribution in [0.4, 0.5) is 5.69 Å². The normalized spacial score (nSPS) is 16.5. The van der Waals surface area contributed by atoms with Crippen LogP contribution in [0.15, 0.2) is 65.3 Å². The predicted molar refractivity (Wildman–Crippen MR) is 123 cm³/mol. The summed E-state index contributed by atoms with van der Waals surface area (Å²) < 4.78 is 21.7. The van der Waals surface area contributed by atoms with Gasteiger partial charge in [0.1, 0.15) is 11.5 Å². The maximum Gasteiger partial charge on any atom is 0.251 e. The van der Waals surface area contributed by atoms with E-state index in [1.165, 1.54) is 5.69 Å². The number of carbonyl (C=O) groups is 1. The van der Waals surface area contributed by atoms with Crippen LogP contribution < -0.4 is 24.4 Å². The molecule has 3 heterocycles. The minimum atomic E-state index is -0.151. The summed E-state index contributed by atoms with van der Waals surface area (Å²) >= 11 is 0. The van der Waals surface area contributed by atoms with Crippen molar-refractivity contribution in [1.29, 1.82) is 0 Å². The third-order valence-electron chi connectivity index (χ3n) is 6.15. The van der Waals surface area contributed by atoms with Crippen LogP contribution >= 0.6 is 0 Å². The van der Waals surface area contributed by atoms with Crippen molar-refractivity contribution in [3.63, 3.8) is 0 Å². The molecule has 0 saturated carbocycles. The second-order valence-electron chi connectivity index (χ2n) is 8.03. The number of hydrogen-bond acceptors (Lipinski definition) is 7. The summed E-state index contributed by atoms with van der Waals surface area (Å²) in [6, 6.07) is 17.2. The third-order valence-corrected chi connectivity index (χ3v) is 6.15. The van der Waals surface area contributed by atoms with Gasteiger partial charge < -0.3 is 28.8 Å². The summed E-state index contributed by atoms with van der Waals surface area (Å²) in [5, 5.41) is 3.07. The summed E-state index contributed by atoms with van der Waals surface area (Å²) in [5.74, 6) is 2.81. The molecule has 33 heavy (non-hydrogen) atoms. The topological polar surface area (TPSA) is 76.4 Å². The molecule has 1 fully saturated rings. The number of carbonyl (C=O) groups excluding carboxylic acids is 1. The van der Waals surface area contributed by atoms with Crippen molar-refractivity contribution in [2.45, 2.75) is 6.04 Å². The van der Waals surface area contributed by atoms with E-state index < -0.39 is 0 Å². The Labute approximate surface area is 192 Å². The number of fused-ring (bicyclic) bond motifs is 1. The molecule has 1 saturated heterocycles. The van der Waals surface area contributed by atoms with Crippen molar-refractivity contribution in [2.75, 3.05) is 51.5 Å². The van der Waals surface area contributed by atoms with Crippen molar-refractivity contribution in [2.24, 2.45) is 0 Å². The molecule has 2 aliphatic heterocycles. The molecule has 0 unspecified atom stereocenters. The van der Waals surface area contributed by atoms with Crippen LogP contribution in [0.2, 0.25) is 0 Å². The molecule has 3 aromatic rings. The van der Waals surface area contributed by atoms with Gasteiger partial charge in [-0.05, 0) is 54.6 Å². The van der Waals surface area contributed by atoms with Gasteiger partial charge in [0.25, 0.3) is 5.91 Å². The fraction of sp³-hybridized carbons (Fsp3) is 0.320. The van der Waals surface area contributed by atoms with Crippen LogP contribution in [0, 0.1) is 0 Å². The summed E-state index contributed by atoms with van der Waals surface area (Å²) in [5.41, 5.74) is 1.72. The first-order chi connectivity index (χ1) is 16.2. The number of furan rings is 1. The Balaban J connectivity index is 1.23. The van der Waals surface area contributed by atoms with E-state index in [1.54, 1.807) is 31.6 Å². The van der Waals surface area contributed by atoms with Gasteiger partial charge in [-0.15, -0.1) is 0 Å². The first-order valence-electron chi connectivity index (χ1n) is 11.1. The molecule has 2 aliphatic rings. The van der Waals surface area contributed by atoms with Crippen molar-refractivity contribution in [3.05, 3.63) is 72.2 Å². The lowest BCUT2D eigenvalue weighted by atomic mass is 10.1. The maximum absolute atomic E-state index is 12.8. The number of amides is 1. The van der Waals surface area contributed by atoms with E-state index in [4.69, 9.17) is 18.6 Å². The van der Waals surface area contributed by atoms with Gasteiger partial charge in [-0.2, -0.15) is 0 Å². The van der Waals surface area contributed by atoms with Crippen LogP contribution in [-0.2, 0) is 0 Å². The van der Waals surface area contributed by atoms with E-state index in [9.17, 15) is 4.79 Å². The average molecular weight is 450 g/mol. The van der Waals surface area contributed by atoms with Gasteiger partial charge in [0.2, 0.25) is 6.79 Å². The van der Waals surface area contributed by atoms with E-state index in [1.807, 2.05) is 24.3 Å². The highest BCUT2D eigenvalue weighted by Crippen LogP contribution is 2.32. The molecule has 172 valence electrons. The van der Waals surface area contributed by atoms with Crippen LogP contribution in [0.3, 0.4) is 0 Å². The van der Waals surface area contributed by atoms with Gasteiger partial charge >= 0.3 is 0 Å². The smallest absolute Gasteiger partial charge is 0.251 e. The van der Waals surface area contributed by atoms with Crippen LogP contribution in [0.1, 0.15) is 22.2 Å². The fourth-order valence-corrected chi connectivity index (χ4v) is 4.30. The number of methoxy groups -OCH3 is 1. The quantitative estimate of drug-likeness (QED) is 0.593. The molecule has 0 radical (unpaired) electrons. The van der Waals surface area contributed by atoms with Crippen LogP contribution in [0.5, 0.6) is 17.2 Å². The Bertz CT molecular complexity index is 1080. The summed E-state index contributed by atoms with van der Waals surface area (Å²) in [4.78, 5) is 17.5. The zero-order chi connectivity index (χ0) is 22.6. The number of nitrogens with one attached hydrogen (secondary N) is 1. The van der Waals surface area contributed by atoms with Gasteiger partial charge in [-0.3, -0.25) is 9.69 Å². The van der Waals surface area contributed by atoms with E-state index in [0.717, 1.165) is 37.7 Å². The average Bonchev–Trinajstić information content (AvgIpc) is 3.56. The molecule has 0 bridgehead atoms. The highest BCUT2D eigenvalue weighted by molar-refractivity contribution is 5.95. The molecule has 1 N–H and O–H groups in total. The summed E-state index contributed by atoms with van der Waals surface area (Å²) in [7, 11) is 1.67. The number of hydrogen-bond donors (Lipinski definition) is 1. The lowest BCUT2D eigenvalue weighted by molar-refractivity contribution is 0.0922. The van der Waals surface area contributed by atoms with Gasteiger partial charge in [0.05, 0.1) is 19.4 Å². The molecule has 2 aromatic carbocycles. The second kappa shape index (κ2) is 9.46. The molecule has 1 atom stereocenters. The molecule has 1 aromatic heterocycles. The van der Waals surface area contributed by atoms with Crippen LogP contribution in [0.25, 0.3) is 0 Å². The SMILES string of the molecule is COc1ccc(N2CCN([C@H](CNC(=O)c3ccc4c(c3)OCO4)c3ccco3)CC2)cc1. The Kier molecular flexibility index (Phi) is 6.08. The second-order valence-corrected chi connectivity index (χ2v) is 8.03. The number of piperazine rings is 1. The Morgan fingerprint density at radius 3 is 2.55 bits per heavy atom. The van der Waals surface area contributed by atoms with Crippen molar-refractivity contribution in [1.82, 2.24) is 10.2 Å². The Morgan fingerprint density at radius 2 is 1.82 bits per heavy atom. The monoisotopic (exact) mass is 449 g/mol. The first kappa shape index (κ1) is 21.2. The number of anilines is 1. The fourth-order valence-electron chi connectivity index (χ4n) is 4.30. The van der Waals surface area contributed by atoms with Crippen LogP contribution in [-0.4, -0.2) is 57.4 Å². The molecule has 0 aliphatic carbocycles. The maximum atomic E-state index is 12.8. The molecule has 8 nitrogen and oxygen atoms in total. The first-order valence-corrected chi connectivity index (χ1v) is 11.1. The molecule has 5 rings (SSSR count).